The van der Waals surface area contributed by atoms with Gasteiger partial charge in [-0.05, 0) is 25.0 Å². The lowest BCUT2D eigenvalue weighted by Crippen LogP contribution is -2.04. The van der Waals surface area contributed by atoms with E-state index < -0.39 is 5.60 Å². The Labute approximate surface area is 81.4 Å². The zero-order valence-electron chi connectivity index (χ0n) is 7.64. The lowest BCUT2D eigenvalue weighted by molar-refractivity contribution is 0.151. The van der Waals surface area contributed by atoms with Gasteiger partial charge in [0.05, 0.1) is 17.3 Å². The number of pyridine rings is 2. The molecular weight excluding hydrogens is 176 g/mol. The van der Waals surface area contributed by atoms with Gasteiger partial charge in [0.2, 0.25) is 0 Å². The number of fused-ring (bicyclic) bond motifs is 1. The maximum atomic E-state index is 9.90. The summed E-state index contributed by atoms with van der Waals surface area (Å²) in [6, 6.07) is 3.91. The standard InChI is InChI=1S/C11H10N2O/c14-11(2-3-11)9-5-8-1-4-12-7-10(8)13-6-9/h1,4-7,14H,2-3H2. The summed E-state index contributed by atoms with van der Waals surface area (Å²) < 4.78 is 0. The van der Waals surface area contributed by atoms with Crippen LogP contribution < -0.4 is 0 Å². The second-order valence-corrected chi connectivity index (χ2v) is 3.82. The van der Waals surface area contributed by atoms with Crippen molar-refractivity contribution in [2.45, 2.75) is 18.4 Å². The van der Waals surface area contributed by atoms with Gasteiger partial charge in [0.25, 0.3) is 0 Å². The highest BCUT2D eigenvalue weighted by Crippen LogP contribution is 2.45. The van der Waals surface area contributed by atoms with Crippen LogP contribution in [0.15, 0.2) is 30.7 Å². The summed E-state index contributed by atoms with van der Waals surface area (Å²) in [5, 5.41) is 10.9. The van der Waals surface area contributed by atoms with E-state index in [1.807, 2.05) is 12.1 Å². The smallest absolute Gasteiger partial charge is 0.0914 e. The Balaban J connectivity index is 2.20. The van der Waals surface area contributed by atoms with Gasteiger partial charge < -0.3 is 5.11 Å². The van der Waals surface area contributed by atoms with Crippen molar-refractivity contribution in [3.8, 4) is 0 Å². The zero-order chi connectivity index (χ0) is 9.60. The fourth-order valence-corrected chi connectivity index (χ4v) is 1.63. The van der Waals surface area contributed by atoms with Gasteiger partial charge in [0.1, 0.15) is 0 Å². The average Bonchev–Trinajstić information content (AvgIpc) is 2.97. The summed E-state index contributed by atoms with van der Waals surface area (Å²) in [5.74, 6) is 0. The summed E-state index contributed by atoms with van der Waals surface area (Å²) in [6.07, 6.45) is 6.92. The first-order valence-corrected chi connectivity index (χ1v) is 4.71. The molecule has 3 nitrogen and oxygen atoms in total. The molecule has 0 aliphatic heterocycles. The first kappa shape index (κ1) is 7.88. The normalized spacial score (nSPS) is 18.4. The molecule has 1 aliphatic carbocycles. The Morgan fingerprint density at radius 3 is 2.93 bits per heavy atom. The molecule has 2 aromatic rings. The maximum Gasteiger partial charge on any atom is 0.0914 e. The van der Waals surface area contributed by atoms with Crippen LogP contribution in [0.5, 0.6) is 0 Å². The molecule has 1 aliphatic rings. The Hall–Kier alpha value is -1.48. The third-order valence-corrected chi connectivity index (χ3v) is 2.75. The SMILES string of the molecule is OC1(c2cnc3cnccc3c2)CC1. The van der Waals surface area contributed by atoms with Gasteiger partial charge >= 0.3 is 0 Å². The summed E-state index contributed by atoms with van der Waals surface area (Å²) in [5.41, 5.74) is 1.21. The predicted octanol–water partition coefficient (Wildman–Crippen LogP) is 1.61. The monoisotopic (exact) mass is 186 g/mol. The van der Waals surface area contributed by atoms with E-state index in [-0.39, 0.29) is 0 Å². The molecule has 1 fully saturated rings. The van der Waals surface area contributed by atoms with Gasteiger partial charge in [-0.2, -0.15) is 0 Å². The van der Waals surface area contributed by atoms with E-state index in [9.17, 15) is 5.11 Å². The van der Waals surface area contributed by atoms with Crippen molar-refractivity contribution in [3.05, 3.63) is 36.3 Å². The average molecular weight is 186 g/mol. The van der Waals surface area contributed by atoms with Gasteiger partial charge in [-0.25, -0.2) is 0 Å². The van der Waals surface area contributed by atoms with Crippen LogP contribution in [0.3, 0.4) is 0 Å². The molecule has 0 aromatic carbocycles. The second-order valence-electron chi connectivity index (χ2n) is 3.82. The first-order valence-electron chi connectivity index (χ1n) is 4.71. The summed E-state index contributed by atoms with van der Waals surface area (Å²) in [7, 11) is 0. The van der Waals surface area contributed by atoms with Crippen LogP contribution in [-0.4, -0.2) is 15.1 Å². The quantitative estimate of drug-likeness (QED) is 0.736. The van der Waals surface area contributed by atoms with Crippen LogP contribution >= 0.6 is 0 Å². The maximum absolute atomic E-state index is 9.90. The van der Waals surface area contributed by atoms with E-state index in [2.05, 4.69) is 9.97 Å². The van der Waals surface area contributed by atoms with Crippen molar-refractivity contribution in [2.24, 2.45) is 0 Å². The fourth-order valence-electron chi connectivity index (χ4n) is 1.63. The predicted molar refractivity (Wildman–Crippen MR) is 52.7 cm³/mol. The molecule has 14 heavy (non-hydrogen) atoms. The number of rotatable bonds is 1. The molecule has 0 bridgehead atoms. The Morgan fingerprint density at radius 1 is 1.29 bits per heavy atom. The van der Waals surface area contributed by atoms with E-state index in [4.69, 9.17) is 0 Å². The first-order chi connectivity index (χ1) is 6.78. The van der Waals surface area contributed by atoms with Gasteiger partial charge in [0.15, 0.2) is 0 Å². The highest BCUT2D eigenvalue weighted by molar-refractivity contribution is 5.77. The molecule has 70 valence electrons. The Morgan fingerprint density at radius 2 is 2.14 bits per heavy atom. The van der Waals surface area contributed by atoms with Crippen molar-refractivity contribution < 1.29 is 5.11 Å². The molecule has 0 amide bonds. The zero-order valence-corrected chi connectivity index (χ0v) is 7.64. The lowest BCUT2D eigenvalue weighted by atomic mass is 10.1. The van der Waals surface area contributed by atoms with Crippen molar-refractivity contribution in [3.63, 3.8) is 0 Å². The van der Waals surface area contributed by atoms with Crippen molar-refractivity contribution >= 4 is 10.9 Å². The molecule has 0 unspecified atom stereocenters. The van der Waals surface area contributed by atoms with E-state index >= 15 is 0 Å². The highest BCUT2D eigenvalue weighted by atomic mass is 16.3. The Kier molecular flexibility index (Phi) is 1.42. The third kappa shape index (κ3) is 1.09. The minimum Gasteiger partial charge on any atom is -0.385 e. The summed E-state index contributed by atoms with van der Waals surface area (Å²) in [6.45, 7) is 0. The molecule has 0 spiro atoms. The molecule has 3 heteroatoms. The molecule has 0 atom stereocenters. The number of nitrogens with zero attached hydrogens (tertiary/aromatic N) is 2. The number of aromatic nitrogens is 2. The van der Waals surface area contributed by atoms with Gasteiger partial charge in [-0.1, -0.05) is 0 Å². The number of aliphatic hydroxyl groups is 1. The van der Waals surface area contributed by atoms with Crippen molar-refractivity contribution in [2.75, 3.05) is 0 Å². The van der Waals surface area contributed by atoms with Crippen LogP contribution in [0, 0.1) is 0 Å². The molecule has 3 rings (SSSR count). The summed E-state index contributed by atoms with van der Waals surface area (Å²) >= 11 is 0. The van der Waals surface area contributed by atoms with Crippen LogP contribution in [0.2, 0.25) is 0 Å². The van der Waals surface area contributed by atoms with Crippen LogP contribution in [-0.2, 0) is 5.60 Å². The molecule has 1 N–H and O–H groups in total. The molecule has 0 saturated heterocycles. The number of hydrogen-bond donors (Lipinski definition) is 1. The highest BCUT2D eigenvalue weighted by Gasteiger charge is 2.42. The summed E-state index contributed by atoms with van der Waals surface area (Å²) in [4.78, 5) is 8.26. The fraction of sp³-hybridized carbons (Fsp3) is 0.273. The third-order valence-electron chi connectivity index (χ3n) is 2.75. The van der Waals surface area contributed by atoms with E-state index in [0.29, 0.717) is 0 Å². The van der Waals surface area contributed by atoms with E-state index in [1.54, 1.807) is 18.6 Å². The molecule has 2 aromatic heterocycles. The molecule has 0 radical (unpaired) electrons. The van der Waals surface area contributed by atoms with Crippen molar-refractivity contribution in [1.29, 1.82) is 0 Å². The van der Waals surface area contributed by atoms with Crippen molar-refractivity contribution in [1.82, 2.24) is 9.97 Å². The number of hydrogen-bond acceptors (Lipinski definition) is 3. The molecule has 1 saturated carbocycles. The van der Waals surface area contributed by atoms with Gasteiger partial charge in [0, 0.05) is 23.3 Å². The minimum atomic E-state index is -0.593. The van der Waals surface area contributed by atoms with Crippen LogP contribution in [0.1, 0.15) is 18.4 Å². The molecule has 2 heterocycles. The Bertz CT molecular complexity index is 491. The lowest BCUT2D eigenvalue weighted by Gasteiger charge is -2.07. The minimum absolute atomic E-state index is 0.593. The molecular formula is C11H10N2O. The van der Waals surface area contributed by atoms with Crippen LogP contribution in [0.4, 0.5) is 0 Å². The largest absolute Gasteiger partial charge is 0.385 e. The van der Waals surface area contributed by atoms with Crippen LogP contribution in [0.25, 0.3) is 10.9 Å². The topological polar surface area (TPSA) is 46.0 Å². The van der Waals surface area contributed by atoms with Gasteiger partial charge in [-0.15, -0.1) is 0 Å². The second kappa shape index (κ2) is 2.51. The van der Waals surface area contributed by atoms with E-state index in [0.717, 1.165) is 29.3 Å². The van der Waals surface area contributed by atoms with Gasteiger partial charge in [-0.3, -0.25) is 9.97 Å². The van der Waals surface area contributed by atoms with E-state index in [1.165, 1.54) is 0 Å².